The summed E-state index contributed by atoms with van der Waals surface area (Å²) in [7, 11) is -3.73. The molecule has 0 unspecified atom stereocenters. The van der Waals surface area contributed by atoms with E-state index in [0.29, 0.717) is 10.7 Å². The highest BCUT2D eigenvalue weighted by Crippen LogP contribution is 2.24. The number of fused-ring (bicyclic) bond motifs is 1. The molecule has 0 heterocycles. The van der Waals surface area contributed by atoms with Crippen molar-refractivity contribution < 1.29 is 13.2 Å². The number of carbonyl (C=O) groups excluding carboxylic acids is 1. The van der Waals surface area contributed by atoms with E-state index in [1.54, 1.807) is 36.4 Å². The summed E-state index contributed by atoms with van der Waals surface area (Å²) >= 11 is 5.85. The van der Waals surface area contributed by atoms with Gasteiger partial charge in [0.2, 0.25) is 15.9 Å². The third kappa shape index (κ3) is 4.60. The van der Waals surface area contributed by atoms with Crippen LogP contribution < -0.4 is 10.0 Å². The first-order valence-electron chi connectivity index (χ1n) is 8.11. The van der Waals surface area contributed by atoms with E-state index in [1.165, 1.54) is 5.56 Å². The van der Waals surface area contributed by atoms with Crippen LogP contribution in [0.2, 0.25) is 5.02 Å². The number of nitrogens with one attached hydrogen (secondary N) is 2. The van der Waals surface area contributed by atoms with E-state index >= 15 is 0 Å². The molecule has 1 amide bonds. The predicted octanol–water partition coefficient (Wildman–Crippen LogP) is 3.14. The van der Waals surface area contributed by atoms with Gasteiger partial charge in [-0.15, -0.1) is 0 Å². The van der Waals surface area contributed by atoms with Gasteiger partial charge in [0.25, 0.3) is 0 Å². The molecule has 2 N–H and O–H groups in total. The number of amides is 1. The van der Waals surface area contributed by atoms with Crippen molar-refractivity contribution in [3.63, 3.8) is 0 Å². The van der Waals surface area contributed by atoms with Crippen molar-refractivity contribution in [2.24, 2.45) is 0 Å². The average molecular weight is 379 g/mol. The minimum Gasteiger partial charge on any atom is -0.325 e. The molecule has 132 valence electrons. The lowest BCUT2D eigenvalue weighted by Crippen LogP contribution is -2.33. The normalized spacial score (nSPS) is 14.0. The minimum atomic E-state index is -3.73. The van der Waals surface area contributed by atoms with Gasteiger partial charge in [-0.1, -0.05) is 23.7 Å². The molecule has 0 bridgehead atoms. The molecular weight excluding hydrogens is 360 g/mol. The lowest BCUT2D eigenvalue weighted by atomic mass is 9.92. The van der Waals surface area contributed by atoms with E-state index < -0.39 is 15.9 Å². The van der Waals surface area contributed by atoms with Crippen LogP contribution in [0, 0.1) is 0 Å². The molecule has 1 aliphatic rings. The highest BCUT2D eigenvalue weighted by atomic mass is 35.5. The van der Waals surface area contributed by atoms with Gasteiger partial charge in [-0.25, -0.2) is 13.1 Å². The summed E-state index contributed by atoms with van der Waals surface area (Å²) in [6.45, 7) is -0.341. The van der Waals surface area contributed by atoms with Gasteiger partial charge in [0.15, 0.2) is 0 Å². The van der Waals surface area contributed by atoms with Crippen molar-refractivity contribution in [1.82, 2.24) is 4.72 Å². The summed E-state index contributed by atoms with van der Waals surface area (Å²) in [5.74, 6) is -0.455. The Hall–Kier alpha value is -1.89. The summed E-state index contributed by atoms with van der Waals surface area (Å²) in [6, 6.07) is 11.9. The molecule has 0 saturated heterocycles. The summed E-state index contributed by atoms with van der Waals surface area (Å²) in [4.78, 5) is 12.2. The van der Waals surface area contributed by atoms with Gasteiger partial charge in [0, 0.05) is 10.7 Å². The summed E-state index contributed by atoms with van der Waals surface area (Å²) in [6.07, 6.45) is 4.10. The van der Waals surface area contributed by atoms with Gasteiger partial charge in [-0.3, -0.25) is 4.79 Å². The number of hydrogen-bond donors (Lipinski definition) is 2. The number of sulfonamides is 1. The average Bonchev–Trinajstić information content (AvgIpc) is 2.60. The lowest BCUT2D eigenvalue weighted by molar-refractivity contribution is -0.115. The van der Waals surface area contributed by atoms with Crippen molar-refractivity contribution in [1.29, 1.82) is 0 Å². The molecule has 3 rings (SSSR count). The van der Waals surface area contributed by atoms with Crippen molar-refractivity contribution in [3.8, 4) is 0 Å². The number of rotatable bonds is 5. The van der Waals surface area contributed by atoms with Crippen molar-refractivity contribution in [2.45, 2.75) is 30.6 Å². The fourth-order valence-electron chi connectivity index (χ4n) is 2.89. The monoisotopic (exact) mass is 378 g/mol. The zero-order valence-electron chi connectivity index (χ0n) is 13.6. The Morgan fingerprint density at radius 1 is 1.04 bits per heavy atom. The summed E-state index contributed by atoms with van der Waals surface area (Å²) in [5.41, 5.74) is 2.81. The Morgan fingerprint density at radius 2 is 1.80 bits per heavy atom. The standard InChI is InChI=1S/C18H19ClN2O3S/c19-15-6-3-7-16(11-15)21-18(22)12-20-25(23,24)17-9-8-13-4-1-2-5-14(13)10-17/h3,6-11,20H,1-2,4-5,12H2,(H,21,22). The van der Waals surface area contributed by atoms with Crippen molar-refractivity contribution in [2.75, 3.05) is 11.9 Å². The number of halogens is 1. The van der Waals surface area contributed by atoms with Crippen LogP contribution in [0.25, 0.3) is 0 Å². The number of carbonyl (C=O) groups is 1. The lowest BCUT2D eigenvalue weighted by Gasteiger charge is -2.16. The maximum absolute atomic E-state index is 12.4. The number of benzene rings is 2. The van der Waals surface area contributed by atoms with E-state index in [4.69, 9.17) is 11.6 Å². The Morgan fingerprint density at radius 3 is 2.56 bits per heavy atom. The highest BCUT2D eigenvalue weighted by molar-refractivity contribution is 7.89. The van der Waals surface area contributed by atoms with Crippen LogP contribution in [-0.4, -0.2) is 20.9 Å². The van der Waals surface area contributed by atoms with Crippen molar-refractivity contribution >= 4 is 33.2 Å². The first kappa shape index (κ1) is 17.9. The van der Waals surface area contributed by atoms with Crippen LogP contribution in [0.5, 0.6) is 0 Å². The number of hydrogen-bond acceptors (Lipinski definition) is 3. The molecule has 0 radical (unpaired) electrons. The molecular formula is C18H19ClN2O3S. The molecule has 2 aromatic carbocycles. The van der Waals surface area contributed by atoms with Gasteiger partial charge in [0.05, 0.1) is 11.4 Å². The van der Waals surface area contributed by atoms with E-state index in [2.05, 4.69) is 10.0 Å². The Kier molecular flexibility index (Phi) is 5.42. The Balaban J connectivity index is 1.64. The minimum absolute atomic E-state index is 0.198. The molecule has 5 nitrogen and oxygen atoms in total. The van der Waals surface area contributed by atoms with E-state index in [0.717, 1.165) is 31.2 Å². The van der Waals surface area contributed by atoms with Gasteiger partial charge in [-0.05, 0) is 67.1 Å². The second-order valence-corrected chi connectivity index (χ2v) is 8.22. The molecule has 7 heteroatoms. The third-order valence-electron chi connectivity index (χ3n) is 4.16. The van der Waals surface area contributed by atoms with Crippen LogP contribution in [0.15, 0.2) is 47.4 Å². The number of aryl methyl sites for hydroxylation is 2. The molecule has 25 heavy (non-hydrogen) atoms. The van der Waals surface area contributed by atoms with Crippen LogP contribution in [0.3, 0.4) is 0 Å². The van der Waals surface area contributed by atoms with E-state index in [-0.39, 0.29) is 11.4 Å². The first-order chi connectivity index (χ1) is 11.9. The van der Waals surface area contributed by atoms with Crippen LogP contribution in [0.4, 0.5) is 5.69 Å². The van der Waals surface area contributed by atoms with E-state index in [9.17, 15) is 13.2 Å². The molecule has 0 aromatic heterocycles. The van der Waals surface area contributed by atoms with Gasteiger partial charge >= 0.3 is 0 Å². The number of anilines is 1. The smallest absolute Gasteiger partial charge is 0.241 e. The topological polar surface area (TPSA) is 75.3 Å². The van der Waals surface area contributed by atoms with Gasteiger partial charge < -0.3 is 5.32 Å². The molecule has 0 aliphatic heterocycles. The van der Waals surface area contributed by atoms with Gasteiger partial charge in [0.1, 0.15) is 0 Å². The third-order valence-corrected chi connectivity index (χ3v) is 5.80. The summed E-state index contributed by atoms with van der Waals surface area (Å²) in [5, 5.41) is 3.10. The van der Waals surface area contributed by atoms with Crippen LogP contribution in [-0.2, 0) is 27.7 Å². The maximum atomic E-state index is 12.4. The zero-order chi connectivity index (χ0) is 17.9. The van der Waals surface area contributed by atoms with Gasteiger partial charge in [-0.2, -0.15) is 0 Å². The molecule has 0 atom stereocenters. The fraction of sp³-hybridized carbons (Fsp3) is 0.278. The molecule has 1 aliphatic carbocycles. The Bertz CT molecular complexity index is 897. The highest BCUT2D eigenvalue weighted by Gasteiger charge is 2.18. The summed E-state index contributed by atoms with van der Waals surface area (Å²) < 4.78 is 27.2. The molecule has 0 fully saturated rings. The quantitative estimate of drug-likeness (QED) is 0.839. The SMILES string of the molecule is O=C(CNS(=O)(=O)c1ccc2c(c1)CCCC2)Nc1cccc(Cl)c1. The van der Waals surface area contributed by atoms with Crippen molar-refractivity contribution in [3.05, 3.63) is 58.6 Å². The fourth-order valence-corrected chi connectivity index (χ4v) is 4.11. The second-order valence-electron chi connectivity index (χ2n) is 6.02. The van der Waals surface area contributed by atoms with E-state index in [1.807, 2.05) is 6.07 Å². The van der Waals surface area contributed by atoms with Crippen LogP contribution >= 0.6 is 11.6 Å². The largest absolute Gasteiger partial charge is 0.325 e. The molecule has 0 saturated carbocycles. The zero-order valence-corrected chi connectivity index (χ0v) is 15.2. The second kappa shape index (κ2) is 7.56. The maximum Gasteiger partial charge on any atom is 0.241 e. The first-order valence-corrected chi connectivity index (χ1v) is 9.97. The molecule has 2 aromatic rings. The Labute approximate surface area is 152 Å². The molecule has 0 spiro atoms. The van der Waals surface area contributed by atoms with Crippen LogP contribution in [0.1, 0.15) is 24.0 Å². The predicted molar refractivity (Wildman–Crippen MR) is 98.4 cm³/mol.